The molecule has 1 fully saturated rings. The summed E-state index contributed by atoms with van der Waals surface area (Å²) in [7, 11) is 0. The largest absolute Gasteiger partial charge is 0.383 e. The Morgan fingerprint density at radius 1 is 1.69 bits per heavy atom. The number of anilines is 1. The molecule has 0 amide bonds. The number of alkyl halides is 1. The van der Waals surface area contributed by atoms with Gasteiger partial charge in [-0.1, -0.05) is 0 Å². The lowest BCUT2D eigenvalue weighted by atomic mass is 10.3. The van der Waals surface area contributed by atoms with E-state index in [-0.39, 0.29) is 12.4 Å². The zero-order valence-corrected chi connectivity index (χ0v) is 7.03. The molecule has 4 nitrogen and oxygen atoms in total. The zero-order valence-electron chi connectivity index (χ0n) is 7.03. The molecule has 1 aliphatic carbocycles. The molecule has 1 aromatic heterocycles. The molecule has 1 aliphatic rings. The predicted molar refractivity (Wildman–Crippen MR) is 46.0 cm³/mol. The van der Waals surface area contributed by atoms with Crippen LogP contribution in [0.1, 0.15) is 12.8 Å². The van der Waals surface area contributed by atoms with Gasteiger partial charge in [-0.2, -0.15) is 4.98 Å². The molecule has 0 atom stereocenters. The number of nitrogens with zero attached hydrogens (tertiary/aromatic N) is 2. The van der Waals surface area contributed by atoms with E-state index in [1.54, 1.807) is 0 Å². The summed E-state index contributed by atoms with van der Waals surface area (Å²) >= 11 is 0. The molecule has 2 rings (SSSR count). The van der Waals surface area contributed by atoms with Gasteiger partial charge in [-0.25, -0.2) is 9.18 Å². The fourth-order valence-corrected chi connectivity index (χ4v) is 1.16. The highest BCUT2D eigenvalue weighted by Gasteiger charge is 2.43. The first-order valence-electron chi connectivity index (χ1n) is 4.11. The van der Waals surface area contributed by atoms with Crippen LogP contribution >= 0.6 is 0 Å². The van der Waals surface area contributed by atoms with E-state index in [0.29, 0.717) is 12.8 Å². The molecule has 2 N–H and O–H groups in total. The minimum Gasteiger partial charge on any atom is -0.383 e. The molecule has 0 aromatic carbocycles. The van der Waals surface area contributed by atoms with Gasteiger partial charge in [-0.3, -0.25) is 4.57 Å². The lowest BCUT2D eigenvalue weighted by Crippen LogP contribution is -2.27. The second-order valence-corrected chi connectivity index (χ2v) is 3.41. The Balaban J connectivity index is 2.26. The van der Waals surface area contributed by atoms with Gasteiger partial charge in [0.15, 0.2) is 0 Å². The highest BCUT2D eigenvalue weighted by atomic mass is 19.1. The maximum Gasteiger partial charge on any atom is 0.349 e. The summed E-state index contributed by atoms with van der Waals surface area (Å²) in [6.07, 6.45) is 2.54. The van der Waals surface area contributed by atoms with E-state index in [1.165, 1.54) is 16.8 Å². The van der Waals surface area contributed by atoms with Gasteiger partial charge in [-0.05, 0) is 18.9 Å². The molecule has 13 heavy (non-hydrogen) atoms. The lowest BCUT2D eigenvalue weighted by Gasteiger charge is -2.06. The molecular formula is C8H10FN3O. The van der Waals surface area contributed by atoms with Crippen LogP contribution in [0.4, 0.5) is 10.2 Å². The third kappa shape index (κ3) is 1.68. The summed E-state index contributed by atoms with van der Waals surface area (Å²) in [5.41, 5.74) is 3.63. The molecule has 1 heterocycles. The van der Waals surface area contributed by atoms with Gasteiger partial charge in [0.1, 0.15) is 11.5 Å². The number of halogens is 1. The summed E-state index contributed by atoms with van der Waals surface area (Å²) in [6.45, 7) is 0.0963. The van der Waals surface area contributed by atoms with Crippen LogP contribution in [-0.4, -0.2) is 15.2 Å². The van der Waals surface area contributed by atoms with Crippen LogP contribution in [0.2, 0.25) is 0 Å². The Morgan fingerprint density at radius 2 is 2.38 bits per heavy atom. The van der Waals surface area contributed by atoms with Crippen LogP contribution in [0.15, 0.2) is 17.1 Å². The number of nitrogens with two attached hydrogens (primary N) is 1. The molecule has 0 radical (unpaired) electrons. The SMILES string of the molecule is Nc1ccn(CC2(F)CC2)c(=O)n1. The summed E-state index contributed by atoms with van der Waals surface area (Å²) in [5.74, 6) is 0.171. The first-order valence-corrected chi connectivity index (χ1v) is 4.11. The number of nitrogen functional groups attached to an aromatic ring is 1. The second-order valence-electron chi connectivity index (χ2n) is 3.41. The summed E-state index contributed by atoms with van der Waals surface area (Å²) < 4.78 is 14.5. The van der Waals surface area contributed by atoms with Crippen LogP contribution < -0.4 is 11.4 Å². The molecule has 0 spiro atoms. The molecule has 1 saturated carbocycles. The van der Waals surface area contributed by atoms with Crippen molar-refractivity contribution in [3.8, 4) is 0 Å². The van der Waals surface area contributed by atoms with Gasteiger partial charge in [0, 0.05) is 6.20 Å². The van der Waals surface area contributed by atoms with Crippen molar-refractivity contribution in [3.05, 3.63) is 22.7 Å². The Kier molecular flexibility index (Phi) is 1.61. The van der Waals surface area contributed by atoms with E-state index < -0.39 is 11.4 Å². The van der Waals surface area contributed by atoms with E-state index in [2.05, 4.69) is 4.98 Å². The van der Waals surface area contributed by atoms with Gasteiger partial charge in [0.2, 0.25) is 0 Å². The minimum atomic E-state index is -1.18. The fourth-order valence-electron chi connectivity index (χ4n) is 1.16. The van der Waals surface area contributed by atoms with Crippen molar-refractivity contribution >= 4 is 5.82 Å². The Bertz CT molecular complexity index is 383. The topological polar surface area (TPSA) is 60.9 Å². The van der Waals surface area contributed by atoms with Crippen molar-refractivity contribution in [2.75, 3.05) is 5.73 Å². The van der Waals surface area contributed by atoms with E-state index >= 15 is 0 Å². The van der Waals surface area contributed by atoms with Crippen LogP contribution in [0.5, 0.6) is 0 Å². The van der Waals surface area contributed by atoms with E-state index in [0.717, 1.165) is 0 Å². The predicted octanol–water partition coefficient (Wildman–Crippen LogP) is 0.328. The molecule has 0 bridgehead atoms. The van der Waals surface area contributed by atoms with E-state index in [4.69, 9.17) is 5.73 Å². The first kappa shape index (κ1) is 8.22. The minimum absolute atomic E-state index is 0.0963. The van der Waals surface area contributed by atoms with E-state index in [9.17, 15) is 9.18 Å². The molecule has 0 unspecified atom stereocenters. The Labute approximate surface area is 74.2 Å². The van der Waals surface area contributed by atoms with Gasteiger partial charge < -0.3 is 5.73 Å². The van der Waals surface area contributed by atoms with Crippen LogP contribution in [0, 0.1) is 0 Å². The zero-order chi connectivity index (χ0) is 9.47. The maximum atomic E-state index is 13.2. The van der Waals surface area contributed by atoms with Crippen molar-refractivity contribution in [2.45, 2.75) is 25.1 Å². The quantitative estimate of drug-likeness (QED) is 0.718. The van der Waals surface area contributed by atoms with E-state index in [1.807, 2.05) is 0 Å². The molecule has 0 saturated heterocycles. The second kappa shape index (κ2) is 2.55. The van der Waals surface area contributed by atoms with Crippen LogP contribution in [0.25, 0.3) is 0 Å². The third-order valence-electron chi connectivity index (χ3n) is 2.14. The van der Waals surface area contributed by atoms with Gasteiger partial charge >= 0.3 is 5.69 Å². The third-order valence-corrected chi connectivity index (χ3v) is 2.14. The Morgan fingerprint density at radius 3 is 2.92 bits per heavy atom. The maximum absolute atomic E-state index is 13.2. The molecule has 5 heteroatoms. The van der Waals surface area contributed by atoms with Gasteiger partial charge in [-0.15, -0.1) is 0 Å². The highest BCUT2D eigenvalue weighted by Crippen LogP contribution is 2.40. The van der Waals surface area contributed by atoms with Crippen molar-refractivity contribution in [1.29, 1.82) is 0 Å². The number of hydrogen-bond donors (Lipinski definition) is 1. The molecule has 0 aliphatic heterocycles. The summed E-state index contributed by atoms with van der Waals surface area (Å²) in [4.78, 5) is 14.7. The molecule has 70 valence electrons. The number of rotatable bonds is 2. The van der Waals surface area contributed by atoms with Crippen molar-refractivity contribution in [1.82, 2.24) is 9.55 Å². The Hall–Kier alpha value is -1.39. The van der Waals surface area contributed by atoms with Gasteiger partial charge in [0.05, 0.1) is 6.54 Å². The van der Waals surface area contributed by atoms with Crippen molar-refractivity contribution in [2.24, 2.45) is 0 Å². The summed E-state index contributed by atoms with van der Waals surface area (Å²) in [5, 5.41) is 0. The van der Waals surface area contributed by atoms with Crippen molar-refractivity contribution < 1.29 is 4.39 Å². The summed E-state index contributed by atoms with van der Waals surface area (Å²) in [6, 6.07) is 1.49. The number of hydrogen-bond acceptors (Lipinski definition) is 3. The number of aromatic nitrogens is 2. The standard InChI is InChI=1S/C8H10FN3O/c9-8(2-3-8)5-12-4-1-6(10)11-7(12)13/h1,4H,2-3,5H2,(H2,10,11,13). The fraction of sp³-hybridized carbons (Fsp3) is 0.500. The molecular weight excluding hydrogens is 173 g/mol. The smallest absolute Gasteiger partial charge is 0.349 e. The lowest BCUT2D eigenvalue weighted by molar-refractivity contribution is 0.267. The van der Waals surface area contributed by atoms with Gasteiger partial charge in [0.25, 0.3) is 0 Å². The first-order chi connectivity index (χ1) is 6.09. The molecule has 1 aromatic rings. The monoisotopic (exact) mass is 183 g/mol. The van der Waals surface area contributed by atoms with Crippen molar-refractivity contribution in [3.63, 3.8) is 0 Å². The average Bonchev–Trinajstić information content (AvgIpc) is 2.75. The van der Waals surface area contributed by atoms with Crippen LogP contribution in [0.3, 0.4) is 0 Å². The normalized spacial score (nSPS) is 18.5. The highest BCUT2D eigenvalue weighted by molar-refractivity contribution is 5.23. The average molecular weight is 183 g/mol. The van der Waals surface area contributed by atoms with Crippen LogP contribution in [-0.2, 0) is 6.54 Å².